The minimum Gasteiger partial charge on any atom is -0.384 e. The average molecular weight is 310 g/mol. The highest BCUT2D eigenvalue weighted by atomic mass is 16.1. The fourth-order valence-corrected chi connectivity index (χ4v) is 2.24. The van der Waals surface area contributed by atoms with Crippen LogP contribution in [-0.4, -0.2) is 30.7 Å². The second-order valence-corrected chi connectivity index (χ2v) is 5.73. The van der Waals surface area contributed by atoms with Gasteiger partial charge in [0.2, 0.25) is 0 Å². The van der Waals surface area contributed by atoms with Crippen molar-refractivity contribution in [3.8, 4) is 0 Å². The molecule has 0 aliphatic heterocycles. The summed E-state index contributed by atoms with van der Waals surface area (Å²) < 4.78 is 0. The number of hydrogen-bond acceptors (Lipinski definition) is 3. The van der Waals surface area contributed by atoms with Crippen molar-refractivity contribution in [2.24, 2.45) is 5.73 Å². The Balaban J connectivity index is 1.96. The second-order valence-electron chi connectivity index (χ2n) is 5.73. The van der Waals surface area contributed by atoms with Crippen LogP contribution in [0, 0.1) is 5.41 Å². The zero-order valence-electron chi connectivity index (χ0n) is 13.5. The van der Waals surface area contributed by atoms with Crippen LogP contribution in [-0.2, 0) is 13.1 Å². The first-order chi connectivity index (χ1) is 11.0. The van der Waals surface area contributed by atoms with Crippen molar-refractivity contribution in [3.05, 3.63) is 70.8 Å². The van der Waals surface area contributed by atoms with E-state index in [0.717, 1.165) is 12.1 Å². The summed E-state index contributed by atoms with van der Waals surface area (Å²) in [7, 11) is 4.06. The molecule has 2 aromatic rings. The first-order valence-electron chi connectivity index (χ1n) is 7.41. The van der Waals surface area contributed by atoms with Crippen LogP contribution >= 0.6 is 0 Å². The number of carbonyl (C=O) groups excluding carboxylic acids is 1. The molecule has 23 heavy (non-hydrogen) atoms. The molecule has 0 heterocycles. The number of nitrogens with zero attached hydrogens (tertiary/aromatic N) is 1. The van der Waals surface area contributed by atoms with Gasteiger partial charge in [-0.15, -0.1) is 0 Å². The minimum absolute atomic E-state index is 0.0452. The summed E-state index contributed by atoms with van der Waals surface area (Å²) in [4.78, 5) is 14.3. The second kappa shape index (κ2) is 7.56. The van der Waals surface area contributed by atoms with Gasteiger partial charge >= 0.3 is 0 Å². The summed E-state index contributed by atoms with van der Waals surface area (Å²) in [5.74, 6) is -0.221. The van der Waals surface area contributed by atoms with Crippen LogP contribution in [0.2, 0.25) is 0 Å². The highest BCUT2D eigenvalue weighted by molar-refractivity contribution is 5.99. The van der Waals surface area contributed by atoms with Crippen molar-refractivity contribution < 1.29 is 4.79 Å². The molecule has 0 aliphatic carbocycles. The highest BCUT2D eigenvalue weighted by Crippen LogP contribution is 2.08. The van der Waals surface area contributed by atoms with Gasteiger partial charge in [0.15, 0.2) is 0 Å². The quantitative estimate of drug-likeness (QED) is 0.563. The van der Waals surface area contributed by atoms with Crippen LogP contribution in [0.15, 0.2) is 48.5 Å². The molecule has 2 aromatic carbocycles. The van der Waals surface area contributed by atoms with E-state index in [0.29, 0.717) is 17.7 Å². The molecular weight excluding hydrogens is 288 g/mol. The molecule has 0 fully saturated rings. The third-order valence-corrected chi connectivity index (χ3v) is 3.41. The summed E-state index contributed by atoms with van der Waals surface area (Å²) in [5.41, 5.74) is 8.77. The van der Waals surface area contributed by atoms with E-state index >= 15 is 0 Å². The Labute approximate surface area is 136 Å². The molecule has 0 saturated heterocycles. The molecule has 2 rings (SSSR count). The number of nitrogens with two attached hydrogens (primary N) is 1. The van der Waals surface area contributed by atoms with E-state index in [4.69, 9.17) is 11.1 Å². The summed E-state index contributed by atoms with van der Waals surface area (Å²) >= 11 is 0. The van der Waals surface area contributed by atoms with Gasteiger partial charge in [-0.05, 0) is 37.4 Å². The number of nitrogens with one attached hydrogen (secondary N) is 2. The van der Waals surface area contributed by atoms with Crippen molar-refractivity contribution in [1.82, 2.24) is 10.2 Å². The van der Waals surface area contributed by atoms with Crippen molar-refractivity contribution >= 4 is 11.7 Å². The van der Waals surface area contributed by atoms with Crippen LogP contribution in [0.1, 0.15) is 27.0 Å². The first kappa shape index (κ1) is 16.7. The maximum atomic E-state index is 12.2. The maximum absolute atomic E-state index is 12.2. The molecule has 5 heteroatoms. The number of carbonyl (C=O) groups is 1. The molecule has 0 saturated carbocycles. The van der Waals surface area contributed by atoms with Gasteiger partial charge in [0, 0.05) is 24.2 Å². The molecule has 1 amide bonds. The normalized spacial score (nSPS) is 10.6. The molecule has 0 atom stereocenters. The molecule has 4 N–H and O–H groups in total. The fourth-order valence-electron chi connectivity index (χ4n) is 2.24. The Morgan fingerprint density at radius 2 is 1.70 bits per heavy atom. The lowest BCUT2D eigenvalue weighted by Gasteiger charge is -2.10. The van der Waals surface area contributed by atoms with Crippen LogP contribution in [0.25, 0.3) is 0 Å². The number of rotatable bonds is 6. The van der Waals surface area contributed by atoms with E-state index in [2.05, 4.69) is 22.3 Å². The number of hydrogen-bond donors (Lipinski definition) is 3. The standard InChI is InChI=1S/C18H22N4O/c1-22(2)12-14-8-6-13(7-9-14)11-21-18(23)16-5-3-4-15(10-16)17(19)20/h3-10H,11-12H2,1-2H3,(H3,19,20)(H,21,23). The van der Waals surface area contributed by atoms with E-state index in [9.17, 15) is 4.79 Å². The number of nitrogen functional groups attached to an aromatic ring is 1. The molecule has 0 radical (unpaired) electrons. The molecule has 0 unspecified atom stereocenters. The topological polar surface area (TPSA) is 82.2 Å². The lowest BCUT2D eigenvalue weighted by Crippen LogP contribution is -2.23. The van der Waals surface area contributed by atoms with Crippen LogP contribution < -0.4 is 11.1 Å². The lowest BCUT2D eigenvalue weighted by molar-refractivity contribution is 0.0951. The van der Waals surface area contributed by atoms with Gasteiger partial charge < -0.3 is 16.0 Å². The number of benzene rings is 2. The van der Waals surface area contributed by atoms with Crippen LogP contribution in [0.4, 0.5) is 0 Å². The van der Waals surface area contributed by atoms with E-state index in [1.807, 2.05) is 26.2 Å². The van der Waals surface area contributed by atoms with Crippen LogP contribution in [0.5, 0.6) is 0 Å². The van der Waals surface area contributed by atoms with E-state index < -0.39 is 0 Å². The average Bonchev–Trinajstić information content (AvgIpc) is 2.53. The largest absolute Gasteiger partial charge is 0.384 e. The van der Waals surface area contributed by atoms with Gasteiger partial charge in [0.1, 0.15) is 5.84 Å². The SMILES string of the molecule is CN(C)Cc1ccc(CNC(=O)c2cccc(C(=N)N)c2)cc1. The van der Waals surface area contributed by atoms with E-state index in [1.54, 1.807) is 24.3 Å². The number of amidine groups is 1. The van der Waals surface area contributed by atoms with Crippen LogP contribution in [0.3, 0.4) is 0 Å². The zero-order valence-corrected chi connectivity index (χ0v) is 13.5. The Morgan fingerprint density at radius 1 is 1.09 bits per heavy atom. The van der Waals surface area contributed by atoms with Gasteiger partial charge in [-0.1, -0.05) is 36.4 Å². The van der Waals surface area contributed by atoms with Crippen molar-refractivity contribution in [2.45, 2.75) is 13.1 Å². The summed E-state index contributed by atoms with van der Waals surface area (Å²) in [6.07, 6.45) is 0. The molecule has 0 bridgehead atoms. The first-order valence-corrected chi connectivity index (χ1v) is 7.41. The van der Waals surface area contributed by atoms with Gasteiger partial charge in [-0.3, -0.25) is 10.2 Å². The summed E-state index contributed by atoms with van der Waals surface area (Å²) in [5, 5.41) is 10.3. The van der Waals surface area contributed by atoms with Crippen molar-refractivity contribution in [1.29, 1.82) is 5.41 Å². The molecule has 0 aromatic heterocycles. The van der Waals surface area contributed by atoms with Gasteiger partial charge in [-0.25, -0.2) is 0 Å². The third-order valence-electron chi connectivity index (χ3n) is 3.41. The molecular formula is C18H22N4O. The lowest BCUT2D eigenvalue weighted by atomic mass is 10.1. The molecule has 0 spiro atoms. The summed E-state index contributed by atoms with van der Waals surface area (Å²) in [6, 6.07) is 14.9. The van der Waals surface area contributed by atoms with Gasteiger partial charge in [0.05, 0.1) is 0 Å². The van der Waals surface area contributed by atoms with E-state index in [-0.39, 0.29) is 11.7 Å². The predicted octanol–water partition coefficient (Wildman–Crippen LogP) is 1.96. The monoisotopic (exact) mass is 310 g/mol. The van der Waals surface area contributed by atoms with Gasteiger partial charge in [0.25, 0.3) is 5.91 Å². The van der Waals surface area contributed by atoms with Crippen molar-refractivity contribution in [3.63, 3.8) is 0 Å². The smallest absolute Gasteiger partial charge is 0.251 e. The predicted molar refractivity (Wildman–Crippen MR) is 92.5 cm³/mol. The fraction of sp³-hybridized carbons (Fsp3) is 0.222. The Kier molecular flexibility index (Phi) is 5.49. The Bertz CT molecular complexity index is 692. The molecule has 120 valence electrons. The number of amides is 1. The Morgan fingerprint density at radius 3 is 2.30 bits per heavy atom. The molecule has 0 aliphatic rings. The zero-order chi connectivity index (χ0) is 16.8. The Hall–Kier alpha value is -2.66. The highest BCUT2D eigenvalue weighted by Gasteiger charge is 2.07. The van der Waals surface area contributed by atoms with Gasteiger partial charge in [-0.2, -0.15) is 0 Å². The van der Waals surface area contributed by atoms with E-state index in [1.165, 1.54) is 5.56 Å². The minimum atomic E-state index is -0.175. The van der Waals surface area contributed by atoms with Crippen molar-refractivity contribution in [2.75, 3.05) is 14.1 Å². The summed E-state index contributed by atoms with van der Waals surface area (Å²) in [6.45, 7) is 1.36. The molecule has 5 nitrogen and oxygen atoms in total. The maximum Gasteiger partial charge on any atom is 0.251 e. The third kappa shape index (κ3) is 4.93.